The van der Waals surface area contributed by atoms with Gasteiger partial charge in [-0.1, -0.05) is 138 Å². The van der Waals surface area contributed by atoms with Crippen molar-refractivity contribution in [2.45, 2.75) is 179 Å². The number of aliphatic hydroxyl groups excluding tert-OH is 5. The number of nitrogens with one attached hydrogen (secondary N) is 1. The molecule has 0 aromatic carbocycles. The van der Waals surface area contributed by atoms with E-state index in [2.05, 4.69) is 79.9 Å². The molecule has 7 unspecified atom stereocenters. The normalized spacial score (nSPS) is 22.6. The minimum Gasteiger partial charge on any atom is -0.394 e. The zero-order valence-corrected chi connectivity index (χ0v) is 32.3. The maximum atomic E-state index is 12.9. The van der Waals surface area contributed by atoms with Gasteiger partial charge in [-0.25, -0.2) is 0 Å². The number of allylic oxidation sites excluding steroid dienone is 11. The highest BCUT2D eigenvalue weighted by molar-refractivity contribution is 5.76. The molecule has 0 bridgehead atoms. The van der Waals surface area contributed by atoms with Crippen LogP contribution in [0.2, 0.25) is 0 Å². The van der Waals surface area contributed by atoms with Crippen molar-refractivity contribution in [1.29, 1.82) is 0 Å². The van der Waals surface area contributed by atoms with Crippen molar-refractivity contribution in [3.63, 3.8) is 0 Å². The van der Waals surface area contributed by atoms with Crippen molar-refractivity contribution in [3.05, 3.63) is 72.9 Å². The topological polar surface area (TPSA) is 149 Å². The van der Waals surface area contributed by atoms with Crippen molar-refractivity contribution in [3.8, 4) is 0 Å². The highest BCUT2D eigenvalue weighted by Crippen LogP contribution is 2.22. The van der Waals surface area contributed by atoms with Crippen LogP contribution in [0.3, 0.4) is 0 Å². The van der Waals surface area contributed by atoms with Gasteiger partial charge in [0.05, 0.1) is 25.4 Å². The number of amides is 1. The van der Waals surface area contributed by atoms with E-state index < -0.39 is 49.5 Å². The fourth-order valence-corrected chi connectivity index (χ4v) is 5.77. The van der Waals surface area contributed by atoms with Crippen LogP contribution in [0.1, 0.15) is 136 Å². The van der Waals surface area contributed by atoms with E-state index >= 15 is 0 Å². The van der Waals surface area contributed by atoms with Crippen LogP contribution in [0.25, 0.3) is 0 Å². The lowest BCUT2D eigenvalue weighted by Gasteiger charge is -2.40. The molecule has 0 saturated carbocycles. The highest BCUT2D eigenvalue weighted by Gasteiger charge is 2.44. The van der Waals surface area contributed by atoms with Crippen molar-refractivity contribution < 1.29 is 39.8 Å². The van der Waals surface area contributed by atoms with Crippen molar-refractivity contribution in [2.24, 2.45) is 0 Å². The summed E-state index contributed by atoms with van der Waals surface area (Å²) in [4.78, 5) is 12.9. The number of unbranched alkanes of at least 4 members (excludes halogenated alkanes) is 11. The number of aliphatic hydroxyl groups is 5. The van der Waals surface area contributed by atoms with Gasteiger partial charge in [-0.3, -0.25) is 4.79 Å². The Labute approximate surface area is 315 Å². The molecule has 1 aliphatic rings. The molecular weight excluding hydrogens is 658 g/mol. The van der Waals surface area contributed by atoms with E-state index in [1.807, 2.05) is 6.08 Å². The summed E-state index contributed by atoms with van der Waals surface area (Å²) in [7, 11) is 0. The standard InChI is InChI=1S/C43H73NO8/c1-3-5-7-9-11-13-15-16-17-18-19-20-21-22-23-25-27-29-31-33-39(47)44-36(35-51-43-42(50)41(49)40(48)38(34-45)52-43)37(46)32-30-28-26-24-14-12-10-8-6-4-2/h5,7,11,13,16-17,19-20,22-23,30,32,36-38,40-43,45-46,48-50H,3-4,6,8-10,12,14-15,18,21,24-29,31,33-35H2,1-2H3,(H,44,47)/b7-5-,13-11-,17-16-,20-19-,23-22-,32-30+. The van der Waals surface area contributed by atoms with Gasteiger partial charge >= 0.3 is 0 Å². The molecule has 0 aliphatic carbocycles. The van der Waals surface area contributed by atoms with E-state index in [1.165, 1.54) is 38.5 Å². The van der Waals surface area contributed by atoms with Gasteiger partial charge in [0.2, 0.25) is 5.91 Å². The molecule has 1 rings (SSSR count). The summed E-state index contributed by atoms with van der Waals surface area (Å²) >= 11 is 0. The monoisotopic (exact) mass is 732 g/mol. The third-order valence-electron chi connectivity index (χ3n) is 9.04. The quantitative estimate of drug-likeness (QED) is 0.0319. The largest absolute Gasteiger partial charge is 0.394 e. The van der Waals surface area contributed by atoms with Crippen LogP contribution in [0.15, 0.2) is 72.9 Å². The minimum absolute atomic E-state index is 0.207. The number of ether oxygens (including phenoxy) is 2. The smallest absolute Gasteiger partial charge is 0.220 e. The number of hydrogen-bond donors (Lipinski definition) is 6. The van der Waals surface area contributed by atoms with Gasteiger partial charge in [0.1, 0.15) is 24.4 Å². The van der Waals surface area contributed by atoms with Gasteiger partial charge < -0.3 is 40.3 Å². The van der Waals surface area contributed by atoms with E-state index in [0.717, 1.165) is 70.6 Å². The molecule has 0 aromatic rings. The molecule has 1 saturated heterocycles. The fraction of sp³-hybridized carbons (Fsp3) is 0.698. The van der Waals surface area contributed by atoms with E-state index in [1.54, 1.807) is 6.08 Å². The lowest BCUT2D eigenvalue weighted by atomic mass is 9.99. The minimum atomic E-state index is -1.57. The number of carbonyl (C=O) groups excluding carboxylic acids is 1. The zero-order chi connectivity index (χ0) is 38.1. The average molecular weight is 732 g/mol. The van der Waals surface area contributed by atoms with E-state index in [-0.39, 0.29) is 12.5 Å². The second-order valence-corrected chi connectivity index (χ2v) is 13.7. The van der Waals surface area contributed by atoms with Gasteiger partial charge in [-0.15, -0.1) is 0 Å². The first-order valence-corrected chi connectivity index (χ1v) is 20.2. The first-order chi connectivity index (χ1) is 25.3. The summed E-state index contributed by atoms with van der Waals surface area (Å²) in [6, 6.07) is -0.823. The molecule has 1 heterocycles. The van der Waals surface area contributed by atoms with Crippen molar-refractivity contribution >= 4 is 5.91 Å². The molecule has 52 heavy (non-hydrogen) atoms. The van der Waals surface area contributed by atoms with E-state index in [4.69, 9.17) is 9.47 Å². The Morgan fingerprint density at radius 2 is 1.19 bits per heavy atom. The number of carbonyl (C=O) groups is 1. The summed E-state index contributed by atoms with van der Waals surface area (Å²) < 4.78 is 11.1. The summed E-state index contributed by atoms with van der Waals surface area (Å²) in [5.41, 5.74) is 0. The lowest BCUT2D eigenvalue weighted by Crippen LogP contribution is -2.60. The SMILES string of the molecule is CC/C=C\C/C=C\C/C=C\C/C=C\C/C=C\CCCCCC(=O)NC(COC1OC(CO)C(O)C(O)C1O)C(O)/C=C/CCCCCCCCCC. The van der Waals surface area contributed by atoms with Gasteiger partial charge in [-0.05, 0) is 64.2 Å². The third kappa shape index (κ3) is 24.0. The molecule has 9 heteroatoms. The first kappa shape index (κ1) is 47.7. The van der Waals surface area contributed by atoms with Crippen molar-refractivity contribution in [1.82, 2.24) is 5.32 Å². The second-order valence-electron chi connectivity index (χ2n) is 13.7. The first-order valence-electron chi connectivity index (χ1n) is 20.2. The zero-order valence-electron chi connectivity index (χ0n) is 32.3. The summed E-state index contributed by atoms with van der Waals surface area (Å²) in [5.74, 6) is -0.215. The molecule has 1 fully saturated rings. The van der Waals surface area contributed by atoms with Gasteiger partial charge in [0.15, 0.2) is 6.29 Å². The Balaban J connectivity index is 2.43. The molecule has 7 atom stereocenters. The maximum absolute atomic E-state index is 12.9. The Morgan fingerprint density at radius 3 is 1.77 bits per heavy atom. The molecule has 298 valence electrons. The fourth-order valence-electron chi connectivity index (χ4n) is 5.77. The van der Waals surface area contributed by atoms with Crippen LogP contribution in [0.5, 0.6) is 0 Å². The van der Waals surface area contributed by atoms with Crippen LogP contribution in [-0.4, -0.2) is 87.5 Å². The highest BCUT2D eigenvalue weighted by atomic mass is 16.7. The molecule has 0 spiro atoms. The molecule has 1 amide bonds. The maximum Gasteiger partial charge on any atom is 0.220 e. The second kappa shape index (κ2) is 33.2. The van der Waals surface area contributed by atoms with E-state index in [0.29, 0.717) is 12.8 Å². The average Bonchev–Trinajstić information content (AvgIpc) is 3.14. The lowest BCUT2D eigenvalue weighted by molar-refractivity contribution is -0.302. The van der Waals surface area contributed by atoms with Gasteiger partial charge in [-0.2, -0.15) is 0 Å². The molecule has 6 N–H and O–H groups in total. The molecular formula is C43H73NO8. The predicted octanol–water partition coefficient (Wildman–Crippen LogP) is 7.44. The number of hydrogen-bond acceptors (Lipinski definition) is 8. The van der Waals surface area contributed by atoms with Crippen LogP contribution < -0.4 is 5.32 Å². The Kier molecular flexibility index (Phi) is 30.4. The van der Waals surface area contributed by atoms with Crippen molar-refractivity contribution in [2.75, 3.05) is 13.2 Å². The molecule has 9 nitrogen and oxygen atoms in total. The van der Waals surface area contributed by atoms with Crippen LogP contribution in [0, 0.1) is 0 Å². The summed E-state index contributed by atoms with van der Waals surface area (Å²) in [5, 5.41) is 53.9. The Morgan fingerprint density at radius 1 is 0.673 bits per heavy atom. The van der Waals surface area contributed by atoms with Gasteiger partial charge in [0.25, 0.3) is 0 Å². The molecule has 0 aromatic heterocycles. The Hall–Kier alpha value is -2.37. The van der Waals surface area contributed by atoms with Crippen LogP contribution in [-0.2, 0) is 14.3 Å². The predicted molar refractivity (Wildman–Crippen MR) is 212 cm³/mol. The summed E-state index contributed by atoms with van der Waals surface area (Å²) in [6.45, 7) is 3.58. The van der Waals surface area contributed by atoms with E-state index in [9.17, 15) is 30.3 Å². The molecule has 0 radical (unpaired) electrons. The van der Waals surface area contributed by atoms with Crippen LogP contribution >= 0.6 is 0 Å². The number of rotatable bonds is 31. The molecule has 1 aliphatic heterocycles. The third-order valence-corrected chi connectivity index (χ3v) is 9.04. The van der Waals surface area contributed by atoms with Crippen LogP contribution in [0.4, 0.5) is 0 Å². The Bertz CT molecular complexity index is 1040. The summed E-state index contributed by atoms with van der Waals surface area (Å²) in [6.07, 6.45) is 36.6. The van der Waals surface area contributed by atoms with Gasteiger partial charge in [0, 0.05) is 6.42 Å².